The largest absolute Gasteiger partial charge is 0.357 e. The van der Waals surface area contributed by atoms with Gasteiger partial charge in [0.05, 0.1) is 5.01 Å². The van der Waals surface area contributed by atoms with Crippen LogP contribution in [0.2, 0.25) is 0 Å². The average Bonchev–Trinajstić information content (AvgIpc) is 2.93. The quantitative estimate of drug-likeness (QED) is 0.618. The number of likely N-dealkylation sites (tertiary alicyclic amines) is 1. The van der Waals surface area contributed by atoms with Gasteiger partial charge in [-0.2, -0.15) is 0 Å². The van der Waals surface area contributed by atoms with Crippen LogP contribution in [0.3, 0.4) is 0 Å². The summed E-state index contributed by atoms with van der Waals surface area (Å²) in [7, 11) is 0. The molecule has 6 heteroatoms. The molecule has 0 radical (unpaired) electrons. The lowest BCUT2D eigenvalue weighted by Gasteiger charge is -2.35. The van der Waals surface area contributed by atoms with Gasteiger partial charge in [0, 0.05) is 55.8 Å². The lowest BCUT2D eigenvalue weighted by molar-refractivity contribution is 0.167. The molecule has 1 aromatic rings. The molecule has 2 N–H and O–H groups in total. The minimum Gasteiger partial charge on any atom is -0.357 e. The Morgan fingerprint density at radius 3 is 2.74 bits per heavy atom. The molecule has 23 heavy (non-hydrogen) atoms. The fraction of sp³-hybridized carbons (Fsp3) is 0.765. The zero-order valence-electron chi connectivity index (χ0n) is 14.9. The van der Waals surface area contributed by atoms with E-state index in [1.807, 2.05) is 6.20 Å². The maximum Gasteiger partial charge on any atom is 0.191 e. The number of rotatable bonds is 6. The summed E-state index contributed by atoms with van der Waals surface area (Å²) in [5.74, 6) is 0.948. The standard InChI is InChI=1S/C17H31N5S/c1-5-18-17(19-9-6-16-20-12-14(4)23-16)21-15-7-10-22(11-8-15)13(2)3/h12-13,15H,5-11H2,1-4H3,(H2,18,19,21). The highest BCUT2D eigenvalue weighted by Crippen LogP contribution is 2.13. The van der Waals surface area contributed by atoms with Gasteiger partial charge in [-0.3, -0.25) is 4.99 Å². The van der Waals surface area contributed by atoms with Gasteiger partial charge >= 0.3 is 0 Å². The third kappa shape index (κ3) is 6.11. The number of aromatic nitrogens is 1. The molecule has 1 saturated heterocycles. The van der Waals surface area contributed by atoms with Gasteiger partial charge in [-0.25, -0.2) is 4.98 Å². The molecular formula is C17H31N5S. The number of thiazole rings is 1. The lowest BCUT2D eigenvalue weighted by atomic mass is 10.0. The number of aliphatic imine (C=N–C) groups is 1. The van der Waals surface area contributed by atoms with E-state index in [1.54, 1.807) is 11.3 Å². The summed E-state index contributed by atoms with van der Waals surface area (Å²) in [6.45, 7) is 12.8. The molecular weight excluding hydrogens is 306 g/mol. The van der Waals surface area contributed by atoms with Crippen molar-refractivity contribution < 1.29 is 0 Å². The first-order chi connectivity index (χ1) is 11.1. The molecule has 5 nitrogen and oxygen atoms in total. The van der Waals surface area contributed by atoms with Crippen LogP contribution in [-0.2, 0) is 6.42 Å². The van der Waals surface area contributed by atoms with Crippen molar-refractivity contribution in [3.8, 4) is 0 Å². The Hall–Kier alpha value is -1.14. The van der Waals surface area contributed by atoms with Crippen molar-refractivity contribution in [1.82, 2.24) is 20.5 Å². The summed E-state index contributed by atoms with van der Waals surface area (Å²) in [5.41, 5.74) is 0. The topological polar surface area (TPSA) is 52.6 Å². The molecule has 1 aliphatic rings. The van der Waals surface area contributed by atoms with Gasteiger partial charge in [0.25, 0.3) is 0 Å². The summed E-state index contributed by atoms with van der Waals surface area (Å²) >= 11 is 1.76. The Kier molecular flexibility index (Phi) is 7.30. The summed E-state index contributed by atoms with van der Waals surface area (Å²) in [4.78, 5) is 12.9. The Morgan fingerprint density at radius 1 is 1.43 bits per heavy atom. The van der Waals surface area contributed by atoms with Crippen molar-refractivity contribution in [1.29, 1.82) is 0 Å². The van der Waals surface area contributed by atoms with Crippen LogP contribution in [0.1, 0.15) is 43.5 Å². The van der Waals surface area contributed by atoms with E-state index in [0.29, 0.717) is 12.1 Å². The van der Waals surface area contributed by atoms with Crippen molar-refractivity contribution in [3.63, 3.8) is 0 Å². The molecule has 0 aromatic carbocycles. The van der Waals surface area contributed by atoms with E-state index in [-0.39, 0.29) is 0 Å². The smallest absolute Gasteiger partial charge is 0.191 e. The first-order valence-corrected chi connectivity index (χ1v) is 9.60. The van der Waals surface area contributed by atoms with Crippen LogP contribution >= 0.6 is 11.3 Å². The minimum absolute atomic E-state index is 0.532. The number of piperidine rings is 1. The van der Waals surface area contributed by atoms with Gasteiger partial charge < -0.3 is 15.5 Å². The molecule has 0 amide bonds. The molecule has 1 aromatic heterocycles. The van der Waals surface area contributed by atoms with E-state index >= 15 is 0 Å². The summed E-state index contributed by atoms with van der Waals surface area (Å²) in [6.07, 6.45) is 5.24. The van der Waals surface area contributed by atoms with Crippen molar-refractivity contribution in [2.75, 3.05) is 26.2 Å². The van der Waals surface area contributed by atoms with Crippen LogP contribution in [0.15, 0.2) is 11.2 Å². The zero-order chi connectivity index (χ0) is 16.7. The minimum atomic E-state index is 0.532. The number of nitrogens with one attached hydrogen (secondary N) is 2. The Balaban J connectivity index is 1.80. The summed E-state index contributed by atoms with van der Waals surface area (Å²) in [5, 5.41) is 8.14. The van der Waals surface area contributed by atoms with E-state index in [0.717, 1.165) is 25.5 Å². The van der Waals surface area contributed by atoms with Crippen LogP contribution in [0.4, 0.5) is 0 Å². The number of aryl methyl sites for hydroxylation is 1. The van der Waals surface area contributed by atoms with Crippen molar-refractivity contribution >= 4 is 17.3 Å². The van der Waals surface area contributed by atoms with E-state index < -0.39 is 0 Å². The first-order valence-electron chi connectivity index (χ1n) is 8.78. The zero-order valence-corrected chi connectivity index (χ0v) is 15.7. The number of hydrogen-bond acceptors (Lipinski definition) is 4. The van der Waals surface area contributed by atoms with Gasteiger partial charge in [-0.05, 0) is 40.5 Å². The van der Waals surface area contributed by atoms with Crippen LogP contribution in [-0.4, -0.2) is 54.1 Å². The molecule has 130 valence electrons. The van der Waals surface area contributed by atoms with Gasteiger partial charge in [0.2, 0.25) is 0 Å². The maximum atomic E-state index is 4.71. The third-order valence-corrected chi connectivity index (χ3v) is 5.18. The first kappa shape index (κ1) is 18.2. The molecule has 2 rings (SSSR count). The van der Waals surface area contributed by atoms with Crippen LogP contribution in [0.25, 0.3) is 0 Å². The molecule has 0 saturated carbocycles. The van der Waals surface area contributed by atoms with Gasteiger partial charge in [0.1, 0.15) is 0 Å². The molecule has 0 unspecified atom stereocenters. The van der Waals surface area contributed by atoms with Gasteiger partial charge in [-0.15, -0.1) is 11.3 Å². The van der Waals surface area contributed by atoms with Crippen LogP contribution in [0, 0.1) is 6.92 Å². The molecule has 0 aliphatic carbocycles. The third-order valence-electron chi connectivity index (χ3n) is 4.21. The van der Waals surface area contributed by atoms with E-state index in [4.69, 9.17) is 4.99 Å². The molecule has 1 aliphatic heterocycles. The Morgan fingerprint density at radius 2 is 2.17 bits per heavy atom. The van der Waals surface area contributed by atoms with Crippen molar-refractivity contribution in [2.24, 2.45) is 4.99 Å². The number of hydrogen-bond donors (Lipinski definition) is 2. The van der Waals surface area contributed by atoms with Gasteiger partial charge in [0.15, 0.2) is 5.96 Å². The second-order valence-electron chi connectivity index (χ2n) is 6.42. The normalized spacial score (nSPS) is 17.7. The fourth-order valence-electron chi connectivity index (χ4n) is 2.85. The Labute approximate surface area is 144 Å². The van der Waals surface area contributed by atoms with Crippen LogP contribution in [0.5, 0.6) is 0 Å². The molecule has 2 heterocycles. The van der Waals surface area contributed by atoms with Crippen molar-refractivity contribution in [2.45, 2.75) is 59.0 Å². The average molecular weight is 338 g/mol. The summed E-state index contributed by atoms with van der Waals surface area (Å²) in [6, 6.07) is 1.18. The number of guanidine groups is 1. The van der Waals surface area contributed by atoms with Crippen LogP contribution < -0.4 is 10.6 Å². The maximum absolute atomic E-state index is 4.71. The Bertz CT molecular complexity index is 489. The predicted octanol–water partition coefficient (Wildman–Crippen LogP) is 2.42. The second-order valence-corrected chi connectivity index (χ2v) is 7.74. The SMILES string of the molecule is CCNC(=NCCc1ncc(C)s1)NC1CCN(C(C)C)CC1. The number of nitrogens with zero attached hydrogens (tertiary/aromatic N) is 3. The van der Waals surface area contributed by atoms with E-state index in [2.05, 4.69) is 48.2 Å². The monoisotopic (exact) mass is 337 g/mol. The highest BCUT2D eigenvalue weighted by atomic mass is 32.1. The lowest BCUT2D eigenvalue weighted by Crippen LogP contribution is -2.49. The molecule has 1 fully saturated rings. The second kappa shape index (κ2) is 9.23. The fourth-order valence-corrected chi connectivity index (χ4v) is 3.63. The molecule has 0 bridgehead atoms. The van der Waals surface area contributed by atoms with E-state index in [9.17, 15) is 0 Å². The predicted molar refractivity (Wildman–Crippen MR) is 99.4 cm³/mol. The van der Waals surface area contributed by atoms with E-state index in [1.165, 1.54) is 35.8 Å². The molecule has 0 atom stereocenters. The van der Waals surface area contributed by atoms with Crippen molar-refractivity contribution in [3.05, 3.63) is 16.1 Å². The summed E-state index contributed by atoms with van der Waals surface area (Å²) < 4.78 is 0. The molecule has 0 spiro atoms. The van der Waals surface area contributed by atoms with Gasteiger partial charge in [-0.1, -0.05) is 0 Å². The highest BCUT2D eigenvalue weighted by Gasteiger charge is 2.21. The highest BCUT2D eigenvalue weighted by molar-refractivity contribution is 7.11.